The molecule has 144 valence electrons. The summed E-state index contributed by atoms with van der Waals surface area (Å²) in [4.78, 5) is 12.5. The highest BCUT2D eigenvalue weighted by atomic mass is 16.5. The van der Waals surface area contributed by atoms with Crippen molar-refractivity contribution in [1.29, 1.82) is 0 Å². The predicted octanol–water partition coefficient (Wildman–Crippen LogP) is 3.46. The Morgan fingerprint density at radius 2 is 1.59 bits per heavy atom. The maximum atomic E-state index is 12.5. The number of aromatic hydroxyl groups is 1. The van der Waals surface area contributed by atoms with Gasteiger partial charge in [0.2, 0.25) is 5.75 Å². The Morgan fingerprint density at radius 3 is 2.19 bits per heavy atom. The Kier molecular flexibility index (Phi) is 5.44. The molecule has 0 saturated heterocycles. The lowest BCUT2D eigenvalue weighted by atomic mass is 9.85. The van der Waals surface area contributed by atoms with Gasteiger partial charge in [0.1, 0.15) is 5.78 Å². The molecule has 0 radical (unpaired) electrons. The second-order valence-electron chi connectivity index (χ2n) is 6.44. The van der Waals surface area contributed by atoms with Gasteiger partial charge in [-0.2, -0.15) is 0 Å². The molecule has 6 nitrogen and oxygen atoms in total. The standard InChI is InChI=1S/C21H24O6/c1-24-17-8-6-12(9-16(17)23)15-11-14(22)7-5-13-10-18(25-2)20(26-3)21(27-4)19(13)15/h6,8-10,15,23H,5,7,11H2,1-4H3. The lowest BCUT2D eigenvalue weighted by molar-refractivity contribution is -0.119. The molecule has 1 atom stereocenters. The van der Waals surface area contributed by atoms with Crippen LogP contribution in [0.5, 0.6) is 28.7 Å². The molecular formula is C21H24O6. The van der Waals surface area contributed by atoms with Crippen LogP contribution in [0.3, 0.4) is 0 Å². The van der Waals surface area contributed by atoms with E-state index in [0.29, 0.717) is 42.3 Å². The number of methoxy groups -OCH3 is 4. The molecule has 0 spiro atoms. The van der Waals surface area contributed by atoms with E-state index in [4.69, 9.17) is 18.9 Å². The first-order valence-corrected chi connectivity index (χ1v) is 8.74. The Labute approximate surface area is 158 Å². The fraction of sp³-hybridized carbons (Fsp3) is 0.381. The van der Waals surface area contributed by atoms with E-state index in [1.165, 1.54) is 7.11 Å². The van der Waals surface area contributed by atoms with Gasteiger partial charge in [-0.25, -0.2) is 0 Å². The lowest BCUT2D eigenvalue weighted by Crippen LogP contribution is -2.09. The molecule has 0 fully saturated rings. The number of hydrogen-bond donors (Lipinski definition) is 1. The summed E-state index contributed by atoms with van der Waals surface area (Å²) in [5, 5.41) is 10.2. The molecule has 0 amide bonds. The van der Waals surface area contributed by atoms with Gasteiger partial charge in [0.25, 0.3) is 0 Å². The number of benzene rings is 2. The maximum Gasteiger partial charge on any atom is 0.203 e. The topological polar surface area (TPSA) is 74.2 Å². The van der Waals surface area contributed by atoms with E-state index < -0.39 is 0 Å². The first-order valence-electron chi connectivity index (χ1n) is 8.74. The van der Waals surface area contributed by atoms with E-state index in [9.17, 15) is 9.90 Å². The van der Waals surface area contributed by atoms with Gasteiger partial charge in [-0.15, -0.1) is 0 Å². The smallest absolute Gasteiger partial charge is 0.203 e. The van der Waals surface area contributed by atoms with Gasteiger partial charge in [-0.3, -0.25) is 4.79 Å². The molecule has 0 aromatic heterocycles. The molecule has 3 rings (SSSR count). The van der Waals surface area contributed by atoms with Gasteiger partial charge in [0.15, 0.2) is 23.0 Å². The van der Waals surface area contributed by atoms with Gasteiger partial charge in [0, 0.05) is 24.3 Å². The summed E-state index contributed by atoms with van der Waals surface area (Å²) < 4.78 is 21.8. The molecule has 1 aliphatic rings. The Balaban J connectivity index is 2.24. The van der Waals surface area contributed by atoms with Gasteiger partial charge >= 0.3 is 0 Å². The van der Waals surface area contributed by atoms with E-state index in [-0.39, 0.29) is 17.5 Å². The van der Waals surface area contributed by atoms with Crippen LogP contribution in [0.1, 0.15) is 35.4 Å². The van der Waals surface area contributed by atoms with Crippen molar-refractivity contribution >= 4 is 5.78 Å². The minimum Gasteiger partial charge on any atom is -0.504 e. The number of aryl methyl sites for hydroxylation is 1. The van der Waals surface area contributed by atoms with E-state index in [0.717, 1.165) is 16.7 Å². The van der Waals surface area contributed by atoms with Crippen molar-refractivity contribution in [3.05, 3.63) is 41.0 Å². The zero-order valence-corrected chi connectivity index (χ0v) is 16.0. The van der Waals surface area contributed by atoms with Crippen molar-refractivity contribution in [3.63, 3.8) is 0 Å². The van der Waals surface area contributed by atoms with Crippen LogP contribution in [-0.2, 0) is 11.2 Å². The van der Waals surface area contributed by atoms with Crippen LogP contribution in [0.15, 0.2) is 24.3 Å². The third-order valence-corrected chi connectivity index (χ3v) is 5.01. The average Bonchev–Trinajstić information content (AvgIpc) is 2.85. The quantitative estimate of drug-likeness (QED) is 0.810. The summed E-state index contributed by atoms with van der Waals surface area (Å²) in [5.74, 6) is 1.94. The summed E-state index contributed by atoms with van der Waals surface area (Å²) in [7, 11) is 6.21. The van der Waals surface area contributed by atoms with E-state index in [2.05, 4.69) is 0 Å². The normalized spacial score (nSPS) is 16.3. The van der Waals surface area contributed by atoms with Crippen LogP contribution in [-0.4, -0.2) is 39.3 Å². The number of carbonyl (C=O) groups is 1. The van der Waals surface area contributed by atoms with Crippen molar-refractivity contribution in [2.45, 2.75) is 25.2 Å². The molecule has 2 aromatic rings. The second-order valence-corrected chi connectivity index (χ2v) is 6.44. The summed E-state index contributed by atoms with van der Waals surface area (Å²) in [6, 6.07) is 7.11. The van der Waals surface area contributed by atoms with Crippen molar-refractivity contribution in [1.82, 2.24) is 0 Å². The minimum atomic E-state index is -0.262. The molecule has 0 aliphatic heterocycles. The maximum absolute atomic E-state index is 12.5. The molecule has 27 heavy (non-hydrogen) atoms. The largest absolute Gasteiger partial charge is 0.504 e. The van der Waals surface area contributed by atoms with Crippen LogP contribution in [0.2, 0.25) is 0 Å². The second kappa shape index (κ2) is 7.78. The number of ether oxygens (including phenoxy) is 4. The molecule has 2 aromatic carbocycles. The summed E-state index contributed by atoms with van der Waals surface area (Å²) in [6.07, 6.45) is 1.37. The Bertz CT molecular complexity index is 858. The van der Waals surface area contributed by atoms with Crippen LogP contribution in [0.25, 0.3) is 0 Å². The zero-order valence-electron chi connectivity index (χ0n) is 16.0. The number of Topliss-reactive ketones (excluding diaryl/α,β-unsaturated/α-hetero) is 1. The molecule has 0 saturated carbocycles. The predicted molar refractivity (Wildman–Crippen MR) is 101 cm³/mol. The molecule has 1 unspecified atom stereocenters. The number of fused-ring (bicyclic) bond motifs is 1. The van der Waals surface area contributed by atoms with E-state index >= 15 is 0 Å². The number of carbonyl (C=O) groups excluding carboxylic acids is 1. The first-order chi connectivity index (χ1) is 13.0. The van der Waals surface area contributed by atoms with Crippen molar-refractivity contribution in [3.8, 4) is 28.7 Å². The fourth-order valence-corrected chi connectivity index (χ4v) is 3.73. The number of ketones is 1. The number of phenols is 1. The van der Waals surface area contributed by atoms with Gasteiger partial charge < -0.3 is 24.1 Å². The molecule has 0 bridgehead atoms. The number of hydrogen-bond acceptors (Lipinski definition) is 6. The highest BCUT2D eigenvalue weighted by Crippen LogP contribution is 2.49. The SMILES string of the molecule is COc1ccc(C2CC(=O)CCc3cc(OC)c(OC)c(OC)c32)cc1O. The Morgan fingerprint density at radius 1 is 0.889 bits per heavy atom. The summed E-state index contributed by atoms with van der Waals surface area (Å²) in [6.45, 7) is 0. The third-order valence-electron chi connectivity index (χ3n) is 5.01. The summed E-state index contributed by atoms with van der Waals surface area (Å²) >= 11 is 0. The van der Waals surface area contributed by atoms with Crippen molar-refractivity contribution in [2.24, 2.45) is 0 Å². The lowest BCUT2D eigenvalue weighted by Gasteiger charge is -2.24. The van der Waals surface area contributed by atoms with Gasteiger partial charge in [0.05, 0.1) is 28.4 Å². The van der Waals surface area contributed by atoms with Crippen LogP contribution >= 0.6 is 0 Å². The first kappa shape index (κ1) is 18.9. The van der Waals surface area contributed by atoms with Gasteiger partial charge in [-0.05, 0) is 35.7 Å². The number of rotatable bonds is 5. The number of phenolic OH excluding ortho intramolecular Hbond substituents is 1. The molecule has 1 N–H and O–H groups in total. The zero-order chi connectivity index (χ0) is 19.6. The van der Waals surface area contributed by atoms with Crippen LogP contribution in [0.4, 0.5) is 0 Å². The van der Waals surface area contributed by atoms with Crippen LogP contribution in [0, 0.1) is 0 Å². The van der Waals surface area contributed by atoms with Crippen molar-refractivity contribution in [2.75, 3.05) is 28.4 Å². The monoisotopic (exact) mass is 372 g/mol. The van der Waals surface area contributed by atoms with E-state index in [1.807, 2.05) is 12.1 Å². The Hall–Kier alpha value is -2.89. The fourth-order valence-electron chi connectivity index (χ4n) is 3.73. The highest BCUT2D eigenvalue weighted by molar-refractivity contribution is 5.82. The van der Waals surface area contributed by atoms with Crippen LogP contribution < -0.4 is 18.9 Å². The third kappa shape index (κ3) is 3.39. The highest BCUT2D eigenvalue weighted by Gasteiger charge is 2.31. The summed E-state index contributed by atoms with van der Waals surface area (Å²) in [5.41, 5.74) is 2.69. The minimum absolute atomic E-state index is 0.0349. The molecular weight excluding hydrogens is 348 g/mol. The molecule has 6 heteroatoms. The molecule has 1 aliphatic carbocycles. The van der Waals surface area contributed by atoms with E-state index in [1.54, 1.807) is 33.5 Å². The van der Waals surface area contributed by atoms with Crippen molar-refractivity contribution < 1.29 is 28.8 Å². The van der Waals surface area contributed by atoms with Gasteiger partial charge in [-0.1, -0.05) is 6.07 Å². The molecule has 0 heterocycles. The average molecular weight is 372 g/mol.